The van der Waals surface area contributed by atoms with Gasteiger partial charge < -0.3 is 33.5 Å². The zero-order valence-corrected chi connectivity index (χ0v) is 11.3. The molecule has 19 heavy (non-hydrogen) atoms. The normalized spacial score (nSPS) is 11.7. The Morgan fingerprint density at radius 1 is 1.37 bits per heavy atom. The van der Waals surface area contributed by atoms with Crippen LogP contribution in [0.4, 0.5) is 0 Å². The van der Waals surface area contributed by atoms with Gasteiger partial charge in [0.25, 0.3) is 0 Å². The number of aliphatic carboxylic acids is 1. The van der Waals surface area contributed by atoms with Crippen LogP contribution in [-0.4, -0.2) is 27.3 Å². The summed E-state index contributed by atoms with van der Waals surface area (Å²) in [6, 6.07) is 0.684. The van der Waals surface area contributed by atoms with Gasteiger partial charge in [-0.25, -0.2) is 4.57 Å². The van der Waals surface area contributed by atoms with Crippen molar-refractivity contribution in [3.63, 3.8) is 0 Å². The summed E-state index contributed by atoms with van der Waals surface area (Å²) in [6.07, 6.45) is 5.21. The number of aromatic hydroxyl groups is 1. The summed E-state index contributed by atoms with van der Waals surface area (Å²) in [6.45, 7) is 0.520. The number of aromatic nitrogens is 1. The van der Waals surface area contributed by atoms with Gasteiger partial charge >= 0.3 is 5.97 Å². The lowest BCUT2D eigenvalue weighted by Gasteiger charge is -2.04. The van der Waals surface area contributed by atoms with E-state index in [1.807, 2.05) is 0 Å². The minimum absolute atomic E-state index is 0. The molecule has 0 bridgehead atoms. The van der Waals surface area contributed by atoms with Crippen molar-refractivity contribution in [2.24, 2.45) is 5.73 Å². The second kappa shape index (κ2) is 8.68. The van der Waals surface area contributed by atoms with E-state index in [4.69, 9.17) is 15.9 Å². The van der Waals surface area contributed by atoms with Crippen molar-refractivity contribution in [2.45, 2.75) is 38.5 Å². The van der Waals surface area contributed by atoms with E-state index >= 15 is 0 Å². The van der Waals surface area contributed by atoms with Gasteiger partial charge in [0, 0.05) is 12.0 Å². The molecule has 1 heterocycles. The SMILES string of the molecule is NC(CCCC[n+]1cc(O)cc(CO)c1)C(=O)O.[Cl-]. The fraction of sp³-hybridized carbons (Fsp3) is 0.500. The number of hydrogen-bond acceptors (Lipinski definition) is 4. The first-order valence-electron chi connectivity index (χ1n) is 5.84. The van der Waals surface area contributed by atoms with Gasteiger partial charge in [0.15, 0.2) is 11.9 Å². The molecule has 0 aromatic carbocycles. The van der Waals surface area contributed by atoms with Crippen molar-refractivity contribution in [1.29, 1.82) is 0 Å². The Morgan fingerprint density at radius 3 is 2.63 bits per heavy atom. The first kappa shape index (κ1) is 17.6. The molecule has 0 aliphatic rings. The standard InChI is InChI=1S/C12H18N2O4.ClH/c13-11(12(17)18)3-1-2-4-14-6-9(8-15)5-10(16)7-14;/h5-7,11,15H,1-4,8,13H2,(H-,16,17,18);1H. The Hall–Kier alpha value is -1.37. The second-order valence-electron chi connectivity index (χ2n) is 4.24. The minimum Gasteiger partial charge on any atom is -1.00 e. The first-order valence-corrected chi connectivity index (χ1v) is 5.84. The third-order valence-corrected chi connectivity index (χ3v) is 2.64. The molecule has 108 valence electrons. The average molecular weight is 291 g/mol. The molecule has 5 N–H and O–H groups in total. The zero-order valence-electron chi connectivity index (χ0n) is 10.5. The molecular formula is C12H19ClN2O4. The quantitative estimate of drug-likeness (QED) is 0.312. The van der Waals surface area contributed by atoms with Crippen LogP contribution in [-0.2, 0) is 17.9 Å². The van der Waals surface area contributed by atoms with Crippen LogP contribution in [0.2, 0.25) is 0 Å². The van der Waals surface area contributed by atoms with E-state index in [0.29, 0.717) is 24.9 Å². The first-order chi connectivity index (χ1) is 8.52. The highest BCUT2D eigenvalue weighted by atomic mass is 35.5. The predicted molar refractivity (Wildman–Crippen MR) is 63.7 cm³/mol. The van der Waals surface area contributed by atoms with Crippen LogP contribution in [0.1, 0.15) is 24.8 Å². The van der Waals surface area contributed by atoms with Crippen molar-refractivity contribution in [3.8, 4) is 5.75 Å². The molecule has 0 saturated carbocycles. The number of carboxylic acids is 1. The van der Waals surface area contributed by atoms with Gasteiger partial charge in [0.1, 0.15) is 12.6 Å². The molecule has 7 heteroatoms. The van der Waals surface area contributed by atoms with E-state index in [-0.39, 0.29) is 24.8 Å². The molecule has 1 atom stereocenters. The van der Waals surface area contributed by atoms with Crippen LogP contribution < -0.4 is 22.7 Å². The molecule has 6 nitrogen and oxygen atoms in total. The number of carbonyl (C=O) groups is 1. The summed E-state index contributed by atoms with van der Waals surface area (Å²) in [4.78, 5) is 10.5. The fourth-order valence-corrected chi connectivity index (χ4v) is 1.68. The van der Waals surface area contributed by atoms with E-state index in [1.165, 1.54) is 6.07 Å². The molecule has 0 fully saturated rings. The highest BCUT2D eigenvalue weighted by Crippen LogP contribution is 2.08. The van der Waals surface area contributed by atoms with E-state index in [0.717, 1.165) is 6.42 Å². The maximum absolute atomic E-state index is 10.5. The van der Waals surface area contributed by atoms with Gasteiger partial charge in [-0.2, -0.15) is 0 Å². The molecule has 0 aliphatic heterocycles. The fourth-order valence-electron chi connectivity index (χ4n) is 1.68. The van der Waals surface area contributed by atoms with Gasteiger partial charge in [-0.15, -0.1) is 0 Å². The number of hydrogen-bond donors (Lipinski definition) is 4. The lowest BCUT2D eigenvalue weighted by Crippen LogP contribution is -3.00. The number of aliphatic hydroxyl groups excluding tert-OH is 1. The molecule has 0 radical (unpaired) electrons. The lowest BCUT2D eigenvalue weighted by molar-refractivity contribution is -0.698. The van der Waals surface area contributed by atoms with Crippen LogP contribution >= 0.6 is 0 Å². The Kier molecular flexibility index (Phi) is 8.06. The van der Waals surface area contributed by atoms with Crippen LogP contribution in [0.5, 0.6) is 5.75 Å². The van der Waals surface area contributed by atoms with Crippen molar-refractivity contribution >= 4 is 5.97 Å². The Balaban J connectivity index is 0.00000324. The number of pyridine rings is 1. The molecule has 0 aliphatic carbocycles. The summed E-state index contributed by atoms with van der Waals surface area (Å²) in [5, 5.41) is 27.0. The second-order valence-corrected chi connectivity index (χ2v) is 4.24. The topological polar surface area (TPSA) is 108 Å². The number of aliphatic hydroxyl groups is 1. The molecule has 1 rings (SSSR count). The number of rotatable bonds is 7. The highest BCUT2D eigenvalue weighted by Gasteiger charge is 2.11. The van der Waals surface area contributed by atoms with Gasteiger partial charge in [-0.05, 0) is 18.9 Å². The average Bonchev–Trinajstić information content (AvgIpc) is 2.33. The summed E-state index contributed by atoms with van der Waals surface area (Å²) in [5.41, 5.74) is 6.02. The molecule has 1 unspecified atom stereocenters. The lowest BCUT2D eigenvalue weighted by atomic mass is 10.1. The van der Waals surface area contributed by atoms with Crippen molar-refractivity contribution in [1.82, 2.24) is 0 Å². The number of aryl methyl sites for hydroxylation is 1. The third kappa shape index (κ3) is 6.37. The maximum atomic E-state index is 10.5. The number of carboxylic acid groups (broad SMARTS) is 1. The van der Waals surface area contributed by atoms with Crippen LogP contribution in [0.15, 0.2) is 18.5 Å². The number of nitrogens with two attached hydrogens (primary N) is 1. The van der Waals surface area contributed by atoms with E-state index < -0.39 is 12.0 Å². The number of nitrogens with zero attached hydrogens (tertiary/aromatic N) is 1. The van der Waals surface area contributed by atoms with Gasteiger partial charge in [-0.1, -0.05) is 0 Å². The summed E-state index contributed by atoms with van der Waals surface area (Å²) < 4.78 is 1.77. The molecule has 0 saturated heterocycles. The van der Waals surface area contributed by atoms with Crippen LogP contribution in [0, 0.1) is 0 Å². The van der Waals surface area contributed by atoms with Crippen molar-refractivity contribution in [3.05, 3.63) is 24.0 Å². The maximum Gasteiger partial charge on any atom is 0.320 e. The van der Waals surface area contributed by atoms with E-state index in [1.54, 1.807) is 17.0 Å². The smallest absolute Gasteiger partial charge is 0.320 e. The van der Waals surface area contributed by atoms with Crippen molar-refractivity contribution in [2.75, 3.05) is 0 Å². The number of halogens is 1. The van der Waals surface area contributed by atoms with Crippen molar-refractivity contribution < 1.29 is 37.1 Å². The van der Waals surface area contributed by atoms with E-state index in [9.17, 15) is 9.90 Å². The summed E-state index contributed by atoms with van der Waals surface area (Å²) >= 11 is 0. The number of unbranched alkanes of at least 4 members (excludes halogenated alkanes) is 1. The van der Waals surface area contributed by atoms with Crippen LogP contribution in [0.3, 0.4) is 0 Å². The molecule has 0 spiro atoms. The molecule has 1 aromatic heterocycles. The largest absolute Gasteiger partial charge is 1.00 e. The van der Waals surface area contributed by atoms with Gasteiger partial charge in [0.05, 0.1) is 6.61 Å². The summed E-state index contributed by atoms with van der Waals surface area (Å²) in [5.74, 6) is -0.883. The Bertz CT molecular complexity index is 415. The highest BCUT2D eigenvalue weighted by molar-refractivity contribution is 5.72. The third-order valence-electron chi connectivity index (χ3n) is 2.64. The summed E-state index contributed by atoms with van der Waals surface area (Å²) in [7, 11) is 0. The van der Waals surface area contributed by atoms with Gasteiger partial charge in [-0.3, -0.25) is 4.79 Å². The van der Waals surface area contributed by atoms with Crippen LogP contribution in [0.25, 0.3) is 0 Å². The van der Waals surface area contributed by atoms with E-state index in [2.05, 4.69) is 0 Å². The Labute approximate surface area is 117 Å². The Morgan fingerprint density at radius 2 is 2.05 bits per heavy atom. The minimum atomic E-state index is -0.984. The zero-order chi connectivity index (χ0) is 13.5. The predicted octanol–water partition coefficient (Wildman–Crippen LogP) is -3.24. The molecule has 1 aromatic rings. The van der Waals surface area contributed by atoms with Gasteiger partial charge in [0.2, 0.25) is 6.20 Å². The molecule has 0 amide bonds. The molecular weight excluding hydrogens is 272 g/mol. The monoisotopic (exact) mass is 290 g/mol.